The number of hydrogen-bond acceptors (Lipinski definition) is 5. The molecular weight excluding hydrogens is 662 g/mol. The Bertz CT molecular complexity index is 2250. The lowest BCUT2D eigenvalue weighted by atomic mass is 9.83. The summed E-state index contributed by atoms with van der Waals surface area (Å²) in [5.41, 5.74) is 4.29. The number of anilines is 3. The van der Waals surface area contributed by atoms with Gasteiger partial charge in [0, 0.05) is 40.5 Å². The molecule has 0 fully saturated rings. The van der Waals surface area contributed by atoms with Crippen molar-refractivity contribution < 1.29 is 24.6 Å². The molecule has 51 heavy (non-hydrogen) atoms. The summed E-state index contributed by atoms with van der Waals surface area (Å²) in [6.45, 7) is 2.23. The smallest absolute Gasteiger partial charge is 0.264 e. The third kappa shape index (κ3) is 5.42. The SMILES string of the molecule is C[C@H](/C=C/CC(=O)N1Cc2ccccc2C[C@H]1CO)[C@@]1(O)C(=O)N(Cc2ccc(N3C(=O)c4cccc5cccc3c45)cc2)c2ccc(Cl)cc21. The van der Waals surface area contributed by atoms with Crippen LogP contribution in [0.25, 0.3) is 10.8 Å². The van der Waals surface area contributed by atoms with Crippen molar-refractivity contribution >= 4 is 57.2 Å². The van der Waals surface area contributed by atoms with Crippen LogP contribution >= 0.6 is 11.6 Å². The molecule has 9 heteroatoms. The Labute approximate surface area is 300 Å². The molecule has 3 atom stereocenters. The quantitative estimate of drug-likeness (QED) is 0.169. The number of fused-ring (bicyclic) bond motifs is 2. The average Bonchev–Trinajstić information content (AvgIpc) is 3.55. The van der Waals surface area contributed by atoms with Crippen molar-refractivity contribution in [2.75, 3.05) is 16.4 Å². The van der Waals surface area contributed by atoms with Gasteiger partial charge in [0.15, 0.2) is 5.60 Å². The summed E-state index contributed by atoms with van der Waals surface area (Å²) in [7, 11) is 0. The molecule has 2 N–H and O–H groups in total. The van der Waals surface area contributed by atoms with Gasteiger partial charge in [-0.25, -0.2) is 0 Å². The van der Waals surface area contributed by atoms with E-state index in [4.69, 9.17) is 11.6 Å². The zero-order chi connectivity index (χ0) is 35.4. The molecule has 0 bridgehead atoms. The predicted octanol–water partition coefficient (Wildman–Crippen LogP) is 7.05. The van der Waals surface area contributed by atoms with E-state index >= 15 is 0 Å². The van der Waals surface area contributed by atoms with Gasteiger partial charge in [-0.15, -0.1) is 0 Å². The Hall–Kier alpha value is -5.28. The minimum absolute atomic E-state index is 0.0604. The summed E-state index contributed by atoms with van der Waals surface area (Å²) in [6.07, 6.45) is 4.04. The molecule has 5 aromatic carbocycles. The van der Waals surface area contributed by atoms with Crippen LogP contribution in [0.2, 0.25) is 5.02 Å². The van der Waals surface area contributed by atoms with Crippen LogP contribution in [-0.4, -0.2) is 45.5 Å². The first-order valence-electron chi connectivity index (χ1n) is 17.1. The van der Waals surface area contributed by atoms with E-state index in [1.54, 1.807) is 52.0 Å². The predicted molar refractivity (Wildman–Crippen MR) is 198 cm³/mol. The summed E-state index contributed by atoms with van der Waals surface area (Å²) in [4.78, 5) is 45.9. The molecule has 256 valence electrons. The van der Waals surface area contributed by atoms with Gasteiger partial charge in [0.2, 0.25) is 5.91 Å². The Kier molecular flexibility index (Phi) is 8.26. The van der Waals surface area contributed by atoms with Crippen molar-refractivity contribution in [2.24, 2.45) is 5.92 Å². The van der Waals surface area contributed by atoms with Crippen molar-refractivity contribution in [1.82, 2.24) is 4.90 Å². The lowest BCUT2D eigenvalue weighted by Crippen LogP contribution is -2.46. The van der Waals surface area contributed by atoms with E-state index in [0.717, 1.165) is 38.8 Å². The van der Waals surface area contributed by atoms with Crippen LogP contribution in [0.15, 0.2) is 115 Å². The van der Waals surface area contributed by atoms with E-state index in [1.807, 2.05) is 84.9 Å². The molecule has 0 saturated carbocycles. The molecule has 0 spiro atoms. The van der Waals surface area contributed by atoms with E-state index in [-0.39, 0.29) is 37.4 Å². The summed E-state index contributed by atoms with van der Waals surface area (Å²) >= 11 is 6.40. The van der Waals surface area contributed by atoms with Gasteiger partial charge in [-0.2, -0.15) is 0 Å². The Morgan fingerprint density at radius 2 is 1.69 bits per heavy atom. The van der Waals surface area contributed by atoms with Crippen molar-refractivity contribution in [1.29, 1.82) is 0 Å². The molecular formula is C42H36ClN3O5. The van der Waals surface area contributed by atoms with Gasteiger partial charge in [-0.1, -0.05) is 91.3 Å². The van der Waals surface area contributed by atoms with E-state index in [0.29, 0.717) is 34.8 Å². The van der Waals surface area contributed by atoms with Gasteiger partial charge in [0.1, 0.15) is 0 Å². The van der Waals surface area contributed by atoms with Gasteiger partial charge in [-0.3, -0.25) is 19.3 Å². The number of carbonyl (C=O) groups excluding carboxylic acids is 3. The van der Waals surface area contributed by atoms with Crippen LogP contribution in [-0.2, 0) is 34.7 Å². The molecule has 3 aliphatic heterocycles. The normalized spacial score (nSPS) is 20.0. The summed E-state index contributed by atoms with van der Waals surface area (Å²) in [5.74, 6) is -1.40. The molecule has 3 heterocycles. The first-order valence-corrected chi connectivity index (χ1v) is 17.5. The van der Waals surface area contributed by atoms with Crippen molar-refractivity contribution in [2.45, 2.75) is 44.5 Å². The van der Waals surface area contributed by atoms with E-state index in [1.165, 1.54) is 0 Å². The molecule has 5 aromatic rings. The highest BCUT2D eigenvalue weighted by Gasteiger charge is 2.52. The second kappa shape index (κ2) is 12.8. The van der Waals surface area contributed by atoms with Gasteiger partial charge < -0.3 is 20.0 Å². The number of amides is 3. The fourth-order valence-electron chi connectivity index (χ4n) is 7.85. The van der Waals surface area contributed by atoms with Crippen LogP contribution in [0, 0.1) is 5.92 Å². The number of hydrogen-bond donors (Lipinski definition) is 2. The van der Waals surface area contributed by atoms with Crippen LogP contribution < -0.4 is 9.80 Å². The lowest BCUT2D eigenvalue weighted by molar-refractivity contribution is -0.139. The number of aliphatic hydroxyl groups excluding tert-OH is 1. The number of rotatable bonds is 8. The van der Waals surface area contributed by atoms with Crippen molar-refractivity contribution in [3.63, 3.8) is 0 Å². The number of carbonyl (C=O) groups is 3. The van der Waals surface area contributed by atoms with Crippen molar-refractivity contribution in [3.8, 4) is 0 Å². The highest BCUT2D eigenvalue weighted by atomic mass is 35.5. The third-order valence-corrected chi connectivity index (χ3v) is 10.8. The lowest BCUT2D eigenvalue weighted by Gasteiger charge is -2.36. The second-order valence-corrected chi connectivity index (χ2v) is 14.0. The molecule has 0 radical (unpaired) electrons. The van der Waals surface area contributed by atoms with Gasteiger partial charge in [0.05, 0.1) is 36.1 Å². The standard InChI is InChI=1S/C42H36ClN3O5/c1-26(7-4-14-38(48)44-24-30-9-3-2-8-29(30)21-33(44)25-47)42(51)35-22-31(43)17-20-36(35)45(41(42)50)23-27-15-18-32(19-16-27)46-37-13-6-11-28-10-5-12-34(39(28)37)40(46)49/h2-13,15-20,22,26,33,47,51H,14,21,23-25H2,1H3/b7-4+/t26-,33+,42+/m1/s1. The topological polar surface area (TPSA) is 101 Å². The Balaban J connectivity index is 1.00. The number of nitrogens with zero attached hydrogens (tertiary/aromatic N) is 3. The fourth-order valence-corrected chi connectivity index (χ4v) is 8.03. The van der Waals surface area contributed by atoms with Crippen molar-refractivity contribution in [3.05, 3.63) is 148 Å². The Morgan fingerprint density at radius 1 is 0.941 bits per heavy atom. The van der Waals surface area contributed by atoms with Crippen LogP contribution in [0.4, 0.5) is 17.1 Å². The minimum atomic E-state index is -1.91. The highest BCUT2D eigenvalue weighted by molar-refractivity contribution is 6.31. The van der Waals surface area contributed by atoms with E-state index < -0.39 is 17.4 Å². The monoisotopic (exact) mass is 697 g/mol. The Morgan fingerprint density at radius 3 is 2.45 bits per heavy atom. The molecule has 8 rings (SSSR count). The zero-order valence-corrected chi connectivity index (χ0v) is 28.8. The molecule has 0 saturated heterocycles. The number of halogens is 1. The maximum Gasteiger partial charge on any atom is 0.264 e. The first kappa shape index (κ1) is 32.9. The molecule has 0 unspecified atom stereocenters. The largest absolute Gasteiger partial charge is 0.394 e. The van der Waals surface area contributed by atoms with Crippen LogP contribution in [0.3, 0.4) is 0 Å². The summed E-state index contributed by atoms with van der Waals surface area (Å²) < 4.78 is 0. The number of benzene rings is 5. The molecule has 3 amide bonds. The molecule has 3 aliphatic rings. The number of aliphatic hydroxyl groups is 2. The van der Waals surface area contributed by atoms with E-state index in [2.05, 4.69) is 0 Å². The van der Waals surface area contributed by atoms with E-state index in [9.17, 15) is 24.6 Å². The maximum atomic E-state index is 14.2. The maximum absolute atomic E-state index is 14.2. The average molecular weight is 698 g/mol. The fraction of sp³-hybridized carbons (Fsp3) is 0.214. The van der Waals surface area contributed by atoms with Gasteiger partial charge >= 0.3 is 0 Å². The second-order valence-electron chi connectivity index (χ2n) is 13.6. The minimum Gasteiger partial charge on any atom is -0.394 e. The molecule has 8 nitrogen and oxygen atoms in total. The molecule has 0 aliphatic carbocycles. The summed E-state index contributed by atoms with van der Waals surface area (Å²) in [5, 5.41) is 24.5. The third-order valence-electron chi connectivity index (χ3n) is 10.6. The highest BCUT2D eigenvalue weighted by Crippen LogP contribution is 2.47. The van der Waals surface area contributed by atoms with Crippen LogP contribution in [0.1, 0.15) is 46.0 Å². The van der Waals surface area contributed by atoms with Gasteiger partial charge in [-0.05, 0) is 71.0 Å². The zero-order valence-electron chi connectivity index (χ0n) is 28.0. The first-order chi connectivity index (χ1) is 24.7. The summed E-state index contributed by atoms with van der Waals surface area (Å²) in [6, 6.07) is 31.8. The van der Waals surface area contributed by atoms with Gasteiger partial charge in [0.25, 0.3) is 11.8 Å². The molecule has 0 aromatic heterocycles. The van der Waals surface area contributed by atoms with Crippen LogP contribution in [0.5, 0.6) is 0 Å².